The van der Waals surface area contributed by atoms with E-state index in [9.17, 15) is 18.0 Å². The molecule has 0 unspecified atom stereocenters. The third-order valence-corrected chi connectivity index (χ3v) is 6.75. The first kappa shape index (κ1) is 22.5. The highest BCUT2D eigenvalue weighted by Gasteiger charge is 2.40. The van der Waals surface area contributed by atoms with Crippen molar-refractivity contribution in [1.82, 2.24) is 14.4 Å². The molecule has 2 aliphatic rings. The molecule has 0 N–H and O–H groups in total. The quantitative estimate of drug-likeness (QED) is 0.441. The van der Waals surface area contributed by atoms with Crippen LogP contribution < -0.4 is 0 Å². The number of benzene rings is 1. The van der Waals surface area contributed by atoms with Gasteiger partial charge in [0.2, 0.25) is 0 Å². The van der Waals surface area contributed by atoms with Crippen molar-refractivity contribution in [3.8, 4) is 0 Å². The van der Waals surface area contributed by atoms with E-state index in [4.69, 9.17) is 0 Å². The van der Waals surface area contributed by atoms with Gasteiger partial charge in [0.1, 0.15) is 5.71 Å². The van der Waals surface area contributed by atoms with Crippen LogP contribution in [0, 0.1) is 18.8 Å². The van der Waals surface area contributed by atoms with Crippen LogP contribution in [0.4, 0.5) is 13.2 Å². The zero-order chi connectivity index (χ0) is 24.0. The third-order valence-electron chi connectivity index (χ3n) is 6.75. The number of carbonyl (C=O) groups excluding carboxylic acids is 1. The predicted molar refractivity (Wildman–Crippen MR) is 124 cm³/mol. The molecule has 5 rings (SSSR count). The summed E-state index contributed by atoms with van der Waals surface area (Å²) in [7, 11) is 0. The van der Waals surface area contributed by atoms with Crippen LogP contribution in [-0.2, 0) is 6.42 Å². The molecule has 0 spiro atoms. The minimum Gasteiger partial charge on any atom is -0.297 e. The van der Waals surface area contributed by atoms with Crippen molar-refractivity contribution in [3.05, 3.63) is 70.9 Å². The van der Waals surface area contributed by atoms with Gasteiger partial charge in [-0.3, -0.25) is 19.2 Å². The Morgan fingerprint density at radius 3 is 2.71 bits per heavy atom. The number of fused-ring (bicyclic) bond motifs is 1. The Balaban J connectivity index is 1.38. The molecule has 0 radical (unpaired) electrons. The molecule has 3 aromatic rings. The number of imidazole rings is 1. The van der Waals surface area contributed by atoms with Crippen LogP contribution in [0.15, 0.2) is 47.9 Å². The van der Waals surface area contributed by atoms with Gasteiger partial charge in [-0.05, 0) is 42.7 Å². The fourth-order valence-electron chi connectivity index (χ4n) is 5.13. The largest absolute Gasteiger partial charge is 0.433 e. The number of nitrogens with zero attached hydrogens (tertiary/aromatic N) is 4. The maximum absolute atomic E-state index is 13.4. The molecular formula is C26H25F3N4O. The summed E-state index contributed by atoms with van der Waals surface area (Å²) in [5, 5.41) is 0. The van der Waals surface area contributed by atoms with Gasteiger partial charge >= 0.3 is 6.18 Å². The Bertz CT molecular complexity index is 1330. The number of rotatable bonds is 6. The van der Waals surface area contributed by atoms with Crippen LogP contribution in [0.3, 0.4) is 0 Å². The number of Topliss-reactive ketones (excluding diaryl/α,β-unsaturated/α-hetero) is 1. The Morgan fingerprint density at radius 2 is 2.00 bits per heavy atom. The lowest BCUT2D eigenvalue weighted by Crippen LogP contribution is -2.23. The van der Waals surface area contributed by atoms with Crippen LogP contribution >= 0.6 is 0 Å². The monoisotopic (exact) mass is 466 g/mol. The highest BCUT2D eigenvalue weighted by atomic mass is 19.4. The maximum Gasteiger partial charge on any atom is 0.433 e. The number of carbonyl (C=O) groups is 1. The van der Waals surface area contributed by atoms with Crippen LogP contribution in [0.2, 0.25) is 0 Å². The summed E-state index contributed by atoms with van der Waals surface area (Å²) in [5.41, 5.74) is 3.31. The first-order valence-corrected chi connectivity index (χ1v) is 11.5. The smallest absolute Gasteiger partial charge is 0.297 e. The van der Waals surface area contributed by atoms with Crippen molar-refractivity contribution in [1.29, 1.82) is 0 Å². The molecule has 0 atom stereocenters. The fourth-order valence-corrected chi connectivity index (χ4v) is 5.13. The van der Waals surface area contributed by atoms with Crippen LogP contribution in [0.5, 0.6) is 0 Å². The van der Waals surface area contributed by atoms with Gasteiger partial charge < -0.3 is 0 Å². The zero-order valence-electron chi connectivity index (χ0n) is 19.1. The highest BCUT2D eigenvalue weighted by molar-refractivity contribution is 6.27. The van der Waals surface area contributed by atoms with E-state index in [2.05, 4.69) is 21.9 Å². The second-order valence-corrected chi connectivity index (χ2v) is 9.41. The van der Waals surface area contributed by atoms with Gasteiger partial charge in [-0.15, -0.1) is 0 Å². The number of hydrogen-bond donors (Lipinski definition) is 0. The first-order chi connectivity index (χ1) is 16.2. The Hall–Kier alpha value is -3.29. The third kappa shape index (κ3) is 4.17. The molecule has 0 amide bonds. The van der Waals surface area contributed by atoms with E-state index in [0.717, 1.165) is 35.4 Å². The number of aliphatic imine (C=N–C) groups is 1. The topological polar surface area (TPSA) is 59.6 Å². The summed E-state index contributed by atoms with van der Waals surface area (Å²) in [6.07, 6.45) is 4.87. The number of allylic oxidation sites excluding steroid dienone is 1. The summed E-state index contributed by atoms with van der Waals surface area (Å²) < 4.78 is 41.7. The number of ketones is 1. The minimum absolute atomic E-state index is 0.000527. The van der Waals surface area contributed by atoms with E-state index in [0.29, 0.717) is 35.8 Å². The van der Waals surface area contributed by atoms with Gasteiger partial charge in [0.25, 0.3) is 0 Å². The van der Waals surface area contributed by atoms with E-state index in [1.54, 1.807) is 16.8 Å². The molecule has 1 aromatic carbocycles. The fraction of sp³-hybridized carbons (Fsp3) is 0.385. The van der Waals surface area contributed by atoms with E-state index in [1.165, 1.54) is 12.3 Å². The molecule has 1 aliphatic heterocycles. The summed E-state index contributed by atoms with van der Waals surface area (Å²) in [6.45, 7) is 4.15. The lowest BCUT2D eigenvalue weighted by Gasteiger charge is -2.32. The van der Waals surface area contributed by atoms with Gasteiger partial charge in [0.15, 0.2) is 11.4 Å². The number of halogens is 3. The highest BCUT2D eigenvalue weighted by Crippen LogP contribution is 2.36. The summed E-state index contributed by atoms with van der Waals surface area (Å²) >= 11 is 0. The molecule has 3 heterocycles. The Kier molecular flexibility index (Phi) is 5.62. The molecule has 1 fully saturated rings. The van der Waals surface area contributed by atoms with Crippen LogP contribution in [0.1, 0.15) is 59.1 Å². The second-order valence-electron chi connectivity index (χ2n) is 9.41. The maximum atomic E-state index is 13.4. The lowest BCUT2D eigenvalue weighted by atomic mass is 9.73. The molecule has 0 saturated heterocycles. The van der Waals surface area contributed by atoms with E-state index in [-0.39, 0.29) is 17.9 Å². The van der Waals surface area contributed by atoms with Crippen molar-refractivity contribution in [2.24, 2.45) is 16.8 Å². The van der Waals surface area contributed by atoms with Crippen LogP contribution in [-0.4, -0.2) is 38.6 Å². The van der Waals surface area contributed by atoms with Crippen molar-refractivity contribution in [2.75, 3.05) is 6.54 Å². The van der Waals surface area contributed by atoms with Gasteiger partial charge in [-0.1, -0.05) is 31.2 Å². The number of alkyl halides is 3. The van der Waals surface area contributed by atoms with E-state index in [1.807, 2.05) is 25.1 Å². The minimum atomic E-state index is -4.52. The van der Waals surface area contributed by atoms with Crippen molar-refractivity contribution < 1.29 is 18.0 Å². The van der Waals surface area contributed by atoms with Gasteiger partial charge in [0, 0.05) is 36.4 Å². The molecule has 1 aliphatic carbocycles. The number of hydrogen-bond acceptors (Lipinski definition) is 4. The van der Waals surface area contributed by atoms with Gasteiger partial charge in [-0.2, -0.15) is 13.2 Å². The summed E-state index contributed by atoms with van der Waals surface area (Å²) in [5.74, 6) is 1.40. The lowest BCUT2D eigenvalue weighted by molar-refractivity contribution is -0.0571. The molecule has 5 nitrogen and oxygen atoms in total. The first-order valence-electron chi connectivity index (χ1n) is 11.5. The SMILES string of the molecule is Cc1cc(Cc2nccn3c(C4=CCN=C4C(F)(F)F)cnc23)ccc1C(=O)CC1CC(C)C1. The van der Waals surface area contributed by atoms with Gasteiger partial charge in [0.05, 0.1) is 24.1 Å². The number of aromatic nitrogens is 3. The van der Waals surface area contributed by atoms with Crippen LogP contribution in [0.25, 0.3) is 11.2 Å². The normalized spacial score (nSPS) is 20.3. The molecule has 1 saturated carbocycles. The van der Waals surface area contributed by atoms with Crippen molar-refractivity contribution >= 4 is 22.7 Å². The average Bonchev–Trinajstić information content (AvgIpc) is 3.40. The summed E-state index contributed by atoms with van der Waals surface area (Å²) in [6, 6.07) is 5.79. The molecule has 8 heteroatoms. The molecule has 2 aromatic heterocycles. The van der Waals surface area contributed by atoms with Crippen molar-refractivity contribution in [2.45, 2.75) is 45.7 Å². The Morgan fingerprint density at radius 1 is 1.21 bits per heavy atom. The van der Waals surface area contributed by atoms with Crippen molar-refractivity contribution in [3.63, 3.8) is 0 Å². The molecule has 0 bridgehead atoms. The second kappa shape index (κ2) is 8.49. The van der Waals surface area contributed by atoms with E-state index < -0.39 is 11.9 Å². The Labute approximate surface area is 195 Å². The molecular weight excluding hydrogens is 441 g/mol. The standard InChI is InChI=1S/C26H25F3N4O/c1-15-9-18(10-15)13-23(34)19-4-3-17(11-16(19)2)12-21-25-32-14-22(33(25)8-7-30-21)20-5-6-31-24(20)26(27,28)29/h3-5,7-8,11,14-15,18H,6,9-10,12-13H2,1-2H3. The van der Waals surface area contributed by atoms with E-state index >= 15 is 0 Å². The average molecular weight is 467 g/mol. The number of aryl methyl sites for hydroxylation is 1. The predicted octanol–water partition coefficient (Wildman–Crippen LogP) is 5.65. The molecule has 34 heavy (non-hydrogen) atoms. The molecule has 176 valence electrons. The van der Waals surface area contributed by atoms with Gasteiger partial charge in [-0.25, -0.2) is 4.98 Å². The summed E-state index contributed by atoms with van der Waals surface area (Å²) in [4.78, 5) is 25.2. The zero-order valence-corrected chi connectivity index (χ0v) is 19.1.